The van der Waals surface area contributed by atoms with Crippen molar-refractivity contribution >= 4 is 34.9 Å². The number of carbonyl (C=O) groups excluding carboxylic acids is 1. The summed E-state index contributed by atoms with van der Waals surface area (Å²) < 4.78 is 0. The van der Waals surface area contributed by atoms with Crippen LogP contribution in [0, 0.1) is 0 Å². The Morgan fingerprint density at radius 3 is 2.25 bits per heavy atom. The molecule has 7 heteroatoms. The predicted molar refractivity (Wildman–Crippen MR) is 45.0 cm³/mol. The first kappa shape index (κ1) is 9.02. The monoisotopic (exact) mass is 206 g/mol. The zero-order chi connectivity index (χ0) is 9.30. The van der Waals surface area contributed by atoms with Crippen LogP contribution in [0.2, 0.25) is 10.3 Å². The number of nitrogens with two attached hydrogens (primary N) is 2. The number of primary amides is 1. The van der Waals surface area contributed by atoms with E-state index in [1.165, 1.54) is 0 Å². The van der Waals surface area contributed by atoms with E-state index in [-0.39, 0.29) is 21.8 Å². The number of anilines is 1. The Kier molecular flexibility index (Phi) is 2.35. The van der Waals surface area contributed by atoms with Crippen molar-refractivity contribution in [2.75, 3.05) is 5.73 Å². The minimum absolute atomic E-state index is 0.0563. The maximum atomic E-state index is 10.6. The highest BCUT2D eigenvalue weighted by Crippen LogP contribution is 2.19. The van der Waals surface area contributed by atoms with Crippen LogP contribution in [-0.2, 0) is 0 Å². The molecule has 4 N–H and O–H groups in total. The van der Waals surface area contributed by atoms with Gasteiger partial charge in [-0.25, -0.2) is 9.97 Å². The second-order valence-electron chi connectivity index (χ2n) is 1.90. The molecule has 0 radical (unpaired) electrons. The van der Waals surface area contributed by atoms with E-state index in [4.69, 9.17) is 34.7 Å². The molecule has 12 heavy (non-hydrogen) atoms. The van der Waals surface area contributed by atoms with Crippen LogP contribution < -0.4 is 11.5 Å². The van der Waals surface area contributed by atoms with Crippen molar-refractivity contribution in [3.05, 3.63) is 16.0 Å². The van der Waals surface area contributed by atoms with Crippen LogP contribution in [0.5, 0.6) is 0 Å². The van der Waals surface area contributed by atoms with Crippen LogP contribution in [0.25, 0.3) is 0 Å². The maximum Gasteiger partial charge on any atom is 0.271 e. The molecule has 0 aliphatic carbocycles. The van der Waals surface area contributed by atoms with Gasteiger partial charge in [-0.15, -0.1) is 0 Å². The van der Waals surface area contributed by atoms with Crippen LogP contribution >= 0.6 is 23.2 Å². The lowest BCUT2D eigenvalue weighted by Crippen LogP contribution is -2.16. The van der Waals surface area contributed by atoms with Gasteiger partial charge < -0.3 is 11.5 Å². The Morgan fingerprint density at radius 2 is 1.75 bits per heavy atom. The van der Waals surface area contributed by atoms with E-state index >= 15 is 0 Å². The first-order valence-corrected chi connectivity index (χ1v) is 3.56. The van der Waals surface area contributed by atoms with Gasteiger partial charge in [0.05, 0.1) is 0 Å². The largest absolute Gasteiger partial charge is 0.382 e. The van der Waals surface area contributed by atoms with Crippen molar-refractivity contribution in [2.45, 2.75) is 0 Å². The molecule has 0 fully saturated rings. The Labute approximate surface area is 77.7 Å². The van der Waals surface area contributed by atoms with Crippen LogP contribution in [0.3, 0.4) is 0 Å². The molecule has 0 spiro atoms. The normalized spacial score (nSPS) is 9.83. The molecule has 0 atom stereocenters. The number of hydrogen-bond donors (Lipinski definition) is 2. The summed E-state index contributed by atoms with van der Waals surface area (Å²) in [5.74, 6) is -0.921. The topological polar surface area (TPSA) is 94.9 Å². The van der Waals surface area contributed by atoms with Gasteiger partial charge >= 0.3 is 0 Å². The molecule has 0 aromatic carbocycles. The van der Waals surface area contributed by atoms with Crippen molar-refractivity contribution in [1.82, 2.24) is 9.97 Å². The van der Waals surface area contributed by atoms with Crippen molar-refractivity contribution in [1.29, 1.82) is 0 Å². The molecule has 0 aliphatic heterocycles. The van der Waals surface area contributed by atoms with Gasteiger partial charge in [-0.3, -0.25) is 4.79 Å². The summed E-state index contributed by atoms with van der Waals surface area (Å²) in [4.78, 5) is 17.7. The standard InChI is InChI=1S/C5H4Cl2N4O/c6-2-3(7)11-4(8)1(10-2)5(9)12/h(H2,8,11)(H2,9,12). The third-order valence-corrected chi connectivity index (χ3v) is 1.70. The summed E-state index contributed by atoms with van der Waals surface area (Å²) in [5, 5.41) is -0.154. The molecule has 5 nitrogen and oxygen atoms in total. The second kappa shape index (κ2) is 3.12. The molecule has 1 rings (SSSR count). The van der Waals surface area contributed by atoms with Crippen molar-refractivity contribution in [3.8, 4) is 0 Å². The lowest BCUT2D eigenvalue weighted by atomic mass is 10.4. The Bertz CT molecular complexity index is 340. The highest BCUT2D eigenvalue weighted by atomic mass is 35.5. The molecule has 0 unspecified atom stereocenters. The van der Waals surface area contributed by atoms with Gasteiger partial charge in [0.1, 0.15) is 0 Å². The number of nitrogens with zero attached hydrogens (tertiary/aromatic N) is 2. The van der Waals surface area contributed by atoms with Gasteiger partial charge in [-0.05, 0) is 0 Å². The van der Waals surface area contributed by atoms with Crippen LogP contribution in [0.4, 0.5) is 5.82 Å². The van der Waals surface area contributed by atoms with Crippen LogP contribution in [0.15, 0.2) is 0 Å². The molecule has 1 aromatic heterocycles. The molecule has 1 aromatic rings. The van der Waals surface area contributed by atoms with Crippen LogP contribution in [-0.4, -0.2) is 15.9 Å². The minimum atomic E-state index is -0.793. The fourth-order valence-electron chi connectivity index (χ4n) is 0.588. The number of hydrogen-bond acceptors (Lipinski definition) is 4. The lowest BCUT2D eigenvalue weighted by Gasteiger charge is -2.00. The average molecular weight is 207 g/mol. The summed E-state index contributed by atoms with van der Waals surface area (Å²) in [6, 6.07) is 0. The van der Waals surface area contributed by atoms with Crippen LogP contribution in [0.1, 0.15) is 10.5 Å². The van der Waals surface area contributed by atoms with Crippen molar-refractivity contribution in [2.24, 2.45) is 5.73 Å². The summed E-state index contributed by atoms with van der Waals surface area (Å²) in [5.41, 5.74) is 10.0. The van der Waals surface area contributed by atoms with E-state index in [1.54, 1.807) is 0 Å². The number of amides is 1. The van der Waals surface area contributed by atoms with Gasteiger partial charge in [0.15, 0.2) is 21.8 Å². The molecule has 0 saturated carbocycles. The maximum absolute atomic E-state index is 10.6. The predicted octanol–water partition coefficient (Wildman–Crippen LogP) is 0.465. The van der Waals surface area contributed by atoms with Gasteiger partial charge in [0.2, 0.25) is 0 Å². The van der Waals surface area contributed by atoms with E-state index in [9.17, 15) is 4.79 Å². The highest BCUT2D eigenvalue weighted by molar-refractivity contribution is 6.40. The molecular formula is C5H4Cl2N4O. The third-order valence-electron chi connectivity index (χ3n) is 1.07. The summed E-state index contributed by atoms with van der Waals surface area (Å²) >= 11 is 10.9. The van der Waals surface area contributed by atoms with Gasteiger partial charge in [-0.2, -0.15) is 0 Å². The van der Waals surface area contributed by atoms with Gasteiger partial charge in [-0.1, -0.05) is 23.2 Å². The Hall–Kier alpha value is -1.07. The lowest BCUT2D eigenvalue weighted by molar-refractivity contribution is 0.0996. The Balaban J connectivity index is 3.33. The minimum Gasteiger partial charge on any atom is -0.382 e. The molecule has 0 bridgehead atoms. The van der Waals surface area contributed by atoms with E-state index in [2.05, 4.69) is 9.97 Å². The molecule has 1 amide bonds. The van der Waals surface area contributed by atoms with Crippen molar-refractivity contribution in [3.63, 3.8) is 0 Å². The van der Waals surface area contributed by atoms with Gasteiger partial charge in [0, 0.05) is 0 Å². The summed E-state index contributed by atoms with van der Waals surface area (Å²) in [7, 11) is 0. The zero-order valence-corrected chi connectivity index (χ0v) is 7.23. The number of rotatable bonds is 1. The van der Waals surface area contributed by atoms with Gasteiger partial charge in [0.25, 0.3) is 5.91 Å². The number of aromatic nitrogens is 2. The van der Waals surface area contributed by atoms with E-state index < -0.39 is 5.91 Å². The number of carbonyl (C=O) groups is 1. The van der Waals surface area contributed by atoms with E-state index in [0.29, 0.717) is 0 Å². The molecular weight excluding hydrogens is 203 g/mol. The average Bonchev–Trinajstić information content (AvgIpc) is 1.96. The molecule has 0 aliphatic rings. The molecule has 0 saturated heterocycles. The molecule has 64 valence electrons. The SMILES string of the molecule is NC(=O)c1nc(Cl)c(Cl)nc1N. The van der Waals surface area contributed by atoms with Crippen molar-refractivity contribution < 1.29 is 4.79 Å². The fourth-order valence-corrected chi connectivity index (χ4v) is 0.848. The quantitative estimate of drug-likeness (QED) is 0.699. The zero-order valence-electron chi connectivity index (χ0n) is 5.71. The first-order valence-electron chi connectivity index (χ1n) is 2.80. The summed E-state index contributed by atoms with van der Waals surface area (Å²) in [6.45, 7) is 0. The van der Waals surface area contributed by atoms with E-state index in [0.717, 1.165) is 0 Å². The smallest absolute Gasteiger partial charge is 0.271 e. The summed E-state index contributed by atoms with van der Waals surface area (Å²) in [6.07, 6.45) is 0. The number of nitrogen functional groups attached to an aromatic ring is 1. The Morgan fingerprint density at radius 1 is 1.25 bits per heavy atom. The highest BCUT2D eigenvalue weighted by Gasteiger charge is 2.12. The number of halogens is 2. The third kappa shape index (κ3) is 1.57. The molecule has 1 heterocycles. The fraction of sp³-hybridized carbons (Fsp3) is 0. The second-order valence-corrected chi connectivity index (χ2v) is 2.62. The van der Waals surface area contributed by atoms with E-state index in [1.807, 2.05) is 0 Å². The first-order chi connectivity index (χ1) is 5.52.